The van der Waals surface area contributed by atoms with Gasteiger partial charge in [0.05, 0.1) is 11.9 Å². The van der Waals surface area contributed by atoms with E-state index in [1.807, 2.05) is 44.2 Å². The van der Waals surface area contributed by atoms with Crippen LogP contribution in [-0.4, -0.2) is 15.9 Å². The monoisotopic (exact) mass is 379 g/mol. The van der Waals surface area contributed by atoms with Gasteiger partial charge in [0, 0.05) is 17.4 Å². The number of hydrogen-bond acceptors (Lipinski definition) is 3. The lowest BCUT2D eigenvalue weighted by Crippen LogP contribution is -2.12. The molecule has 0 saturated carbocycles. The van der Waals surface area contributed by atoms with E-state index in [-0.39, 0.29) is 11.8 Å². The van der Waals surface area contributed by atoms with E-state index in [2.05, 4.69) is 34.3 Å². The van der Waals surface area contributed by atoms with Crippen molar-refractivity contribution < 1.29 is 4.79 Å². The second kappa shape index (κ2) is 8.31. The van der Waals surface area contributed by atoms with Crippen molar-refractivity contribution in [3.05, 3.63) is 88.0 Å². The summed E-state index contributed by atoms with van der Waals surface area (Å²) < 4.78 is 0. The van der Waals surface area contributed by atoms with Crippen LogP contribution in [0.5, 0.6) is 0 Å². The molecule has 0 aliphatic heterocycles. The Labute approximate surface area is 164 Å². The first-order chi connectivity index (χ1) is 12.9. The third kappa shape index (κ3) is 5.14. The molecule has 0 radical (unpaired) electrons. The molecule has 3 aromatic rings. The van der Waals surface area contributed by atoms with Crippen molar-refractivity contribution in [1.82, 2.24) is 9.97 Å². The lowest BCUT2D eigenvalue weighted by Gasteiger charge is -2.14. The number of halogens is 1. The molecule has 0 aliphatic rings. The first-order valence-electron chi connectivity index (χ1n) is 8.87. The van der Waals surface area contributed by atoms with Gasteiger partial charge in [0.25, 0.3) is 5.91 Å². The summed E-state index contributed by atoms with van der Waals surface area (Å²) in [5.74, 6) is 0.114. The zero-order valence-corrected chi connectivity index (χ0v) is 16.4. The van der Waals surface area contributed by atoms with Crippen LogP contribution in [0, 0.1) is 13.8 Å². The van der Waals surface area contributed by atoms with E-state index in [1.165, 1.54) is 6.20 Å². The quantitative estimate of drug-likeness (QED) is 0.650. The second-order valence-corrected chi connectivity index (χ2v) is 7.28. The highest BCUT2D eigenvalue weighted by Crippen LogP contribution is 2.23. The Morgan fingerprint density at radius 1 is 1.11 bits per heavy atom. The molecule has 1 amide bonds. The summed E-state index contributed by atoms with van der Waals surface area (Å²) in [4.78, 5) is 21.0. The molecule has 27 heavy (non-hydrogen) atoms. The maximum atomic E-state index is 12.6. The number of aryl methyl sites for hydroxylation is 2. The van der Waals surface area contributed by atoms with Gasteiger partial charge in [0.15, 0.2) is 0 Å². The Morgan fingerprint density at radius 2 is 1.85 bits per heavy atom. The molecular formula is C22H22ClN3O. The first kappa shape index (κ1) is 19.1. The van der Waals surface area contributed by atoms with Gasteiger partial charge >= 0.3 is 0 Å². The number of aromatic nitrogens is 2. The summed E-state index contributed by atoms with van der Waals surface area (Å²) in [6, 6.07) is 13.7. The molecule has 3 rings (SSSR count). The average molecular weight is 380 g/mol. The zero-order chi connectivity index (χ0) is 19.4. The first-order valence-corrected chi connectivity index (χ1v) is 9.24. The van der Waals surface area contributed by atoms with Gasteiger partial charge in [-0.3, -0.25) is 9.78 Å². The minimum atomic E-state index is -0.104. The molecule has 4 nitrogen and oxygen atoms in total. The predicted molar refractivity (Wildman–Crippen MR) is 109 cm³/mol. The standard InChI is InChI=1S/C22H22ClN3O/c1-14-7-15(2)9-18(8-14)22(27)26-19-6-4-5-17(11-19)16(3)10-20-12-24-13-21(23)25-20/h4-9,11-13,16H,10H2,1-3H3,(H,26,27)/t16-/m1/s1. The van der Waals surface area contributed by atoms with Gasteiger partial charge in [-0.2, -0.15) is 0 Å². The number of anilines is 1. The topological polar surface area (TPSA) is 54.9 Å². The van der Waals surface area contributed by atoms with Crippen LogP contribution in [0.4, 0.5) is 5.69 Å². The smallest absolute Gasteiger partial charge is 0.255 e. The number of amides is 1. The number of hydrogen-bond donors (Lipinski definition) is 1. The Hall–Kier alpha value is -2.72. The Balaban J connectivity index is 1.73. The van der Waals surface area contributed by atoms with Crippen molar-refractivity contribution in [2.75, 3.05) is 5.32 Å². The molecule has 0 unspecified atom stereocenters. The lowest BCUT2D eigenvalue weighted by atomic mass is 9.96. The largest absolute Gasteiger partial charge is 0.322 e. The molecule has 1 aromatic heterocycles. The van der Waals surface area contributed by atoms with Crippen molar-refractivity contribution >= 4 is 23.2 Å². The minimum absolute atomic E-state index is 0.104. The molecule has 1 heterocycles. The molecule has 2 aromatic carbocycles. The van der Waals surface area contributed by atoms with Crippen LogP contribution in [0.2, 0.25) is 5.15 Å². The fourth-order valence-corrected chi connectivity index (χ4v) is 3.31. The molecule has 0 bridgehead atoms. The highest BCUT2D eigenvalue weighted by atomic mass is 35.5. The third-order valence-corrected chi connectivity index (χ3v) is 4.55. The Kier molecular flexibility index (Phi) is 5.87. The minimum Gasteiger partial charge on any atom is -0.322 e. The van der Waals surface area contributed by atoms with Crippen molar-refractivity contribution in [3.63, 3.8) is 0 Å². The van der Waals surface area contributed by atoms with Crippen LogP contribution < -0.4 is 5.32 Å². The van der Waals surface area contributed by atoms with Crippen LogP contribution in [0.1, 0.15) is 45.6 Å². The van der Waals surface area contributed by atoms with Crippen molar-refractivity contribution in [1.29, 1.82) is 0 Å². The second-order valence-electron chi connectivity index (χ2n) is 6.89. The zero-order valence-electron chi connectivity index (χ0n) is 15.7. The molecule has 0 spiro atoms. The summed E-state index contributed by atoms with van der Waals surface area (Å²) >= 11 is 5.92. The number of benzene rings is 2. The van der Waals surface area contributed by atoms with Crippen LogP contribution >= 0.6 is 11.6 Å². The average Bonchev–Trinajstić information content (AvgIpc) is 2.61. The van der Waals surface area contributed by atoms with Gasteiger partial charge in [-0.25, -0.2) is 4.98 Å². The van der Waals surface area contributed by atoms with Gasteiger partial charge in [0.2, 0.25) is 0 Å². The van der Waals surface area contributed by atoms with Gasteiger partial charge < -0.3 is 5.32 Å². The molecule has 5 heteroatoms. The van der Waals surface area contributed by atoms with Crippen molar-refractivity contribution in [2.45, 2.75) is 33.1 Å². The van der Waals surface area contributed by atoms with Gasteiger partial charge in [0.1, 0.15) is 5.15 Å². The molecule has 1 atom stereocenters. The molecule has 0 saturated heterocycles. The van der Waals surface area contributed by atoms with Gasteiger partial charge in [-0.1, -0.05) is 47.9 Å². The van der Waals surface area contributed by atoms with E-state index in [9.17, 15) is 4.79 Å². The number of nitrogens with one attached hydrogen (secondary N) is 1. The summed E-state index contributed by atoms with van der Waals surface area (Å²) in [6.07, 6.45) is 3.98. The highest BCUT2D eigenvalue weighted by Gasteiger charge is 2.11. The summed E-state index contributed by atoms with van der Waals surface area (Å²) in [7, 11) is 0. The van der Waals surface area contributed by atoms with E-state index in [1.54, 1.807) is 6.20 Å². The number of rotatable bonds is 5. The van der Waals surface area contributed by atoms with Crippen LogP contribution in [-0.2, 0) is 6.42 Å². The Bertz CT molecular complexity index is 951. The number of carbonyl (C=O) groups excluding carboxylic acids is 1. The van der Waals surface area contributed by atoms with Gasteiger partial charge in [-0.15, -0.1) is 0 Å². The summed E-state index contributed by atoms with van der Waals surface area (Å²) in [5, 5.41) is 3.39. The van der Waals surface area contributed by atoms with E-state index < -0.39 is 0 Å². The van der Waals surface area contributed by atoms with E-state index in [0.717, 1.165) is 34.5 Å². The van der Waals surface area contributed by atoms with E-state index in [4.69, 9.17) is 11.6 Å². The fourth-order valence-electron chi connectivity index (χ4n) is 3.14. The molecule has 138 valence electrons. The van der Waals surface area contributed by atoms with E-state index in [0.29, 0.717) is 10.7 Å². The van der Waals surface area contributed by atoms with Crippen LogP contribution in [0.15, 0.2) is 54.9 Å². The number of carbonyl (C=O) groups is 1. The lowest BCUT2D eigenvalue weighted by molar-refractivity contribution is 0.102. The predicted octanol–water partition coefficient (Wildman–Crippen LogP) is 5.35. The van der Waals surface area contributed by atoms with Gasteiger partial charge in [-0.05, 0) is 56.0 Å². The molecular weight excluding hydrogens is 358 g/mol. The number of nitrogens with zero attached hydrogens (tertiary/aromatic N) is 2. The molecule has 1 N–H and O–H groups in total. The maximum absolute atomic E-state index is 12.6. The summed E-state index contributed by atoms with van der Waals surface area (Å²) in [5.41, 5.74) is 5.56. The van der Waals surface area contributed by atoms with Crippen molar-refractivity contribution in [3.8, 4) is 0 Å². The van der Waals surface area contributed by atoms with Crippen LogP contribution in [0.25, 0.3) is 0 Å². The SMILES string of the molecule is Cc1cc(C)cc(C(=O)Nc2cccc([C@H](C)Cc3cncc(Cl)n3)c2)c1. The third-order valence-electron chi connectivity index (χ3n) is 4.37. The normalized spacial score (nSPS) is 11.9. The summed E-state index contributed by atoms with van der Waals surface area (Å²) in [6.45, 7) is 6.10. The van der Waals surface area contributed by atoms with Crippen LogP contribution in [0.3, 0.4) is 0 Å². The molecule has 0 aliphatic carbocycles. The maximum Gasteiger partial charge on any atom is 0.255 e. The fraction of sp³-hybridized carbons (Fsp3) is 0.227. The molecule has 0 fully saturated rings. The highest BCUT2D eigenvalue weighted by molar-refractivity contribution is 6.29. The Morgan fingerprint density at radius 3 is 2.56 bits per heavy atom. The van der Waals surface area contributed by atoms with E-state index >= 15 is 0 Å². The van der Waals surface area contributed by atoms with Crippen molar-refractivity contribution in [2.24, 2.45) is 0 Å².